The Kier molecular flexibility index (Phi) is 8.43. The summed E-state index contributed by atoms with van der Waals surface area (Å²) in [6.07, 6.45) is 6.57. The highest BCUT2D eigenvalue weighted by Crippen LogP contribution is 2.26. The highest BCUT2D eigenvalue weighted by atomic mass is 16.5. The van der Waals surface area contributed by atoms with E-state index < -0.39 is 0 Å². The number of ether oxygens (including phenoxy) is 2. The number of rotatable bonds is 9. The molecule has 0 amide bonds. The topological polar surface area (TPSA) is 21.7 Å². The van der Waals surface area contributed by atoms with Gasteiger partial charge in [-0.05, 0) is 61.4 Å². The van der Waals surface area contributed by atoms with Crippen LogP contribution >= 0.6 is 0 Å². The third-order valence-electron chi connectivity index (χ3n) is 5.64. The monoisotopic (exact) mass is 361 g/mol. The molecule has 0 aromatic heterocycles. The van der Waals surface area contributed by atoms with E-state index in [1.807, 2.05) is 7.11 Å². The van der Waals surface area contributed by atoms with Crippen molar-refractivity contribution < 1.29 is 9.47 Å². The summed E-state index contributed by atoms with van der Waals surface area (Å²) in [4.78, 5) is 2.58. The minimum atomic E-state index is 0.190. The normalized spacial score (nSPS) is 21.7. The number of nitrogens with zero attached hydrogens (tertiary/aromatic N) is 1. The predicted molar refractivity (Wildman–Crippen MR) is 110 cm³/mol. The third kappa shape index (κ3) is 6.59. The lowest BCUT2D eigenvalue weighted by Crippen LogP contribution is -2.45. The Morgan fingerprint density at radius 3 is 2.46 bits per heavy atom. The number of methoxy groups -OCH3 is 1. The quantitative estimate of drug-likeness (QED) is 0.559. The molecular formula is C23H39NO2. The summed E-state index contributed by atoms with van der Waals surface area (Å²) in [5.74, 6) is 1.58. The Bertz CT molecular complexity index is 506. The molecule has 1 aliphatic rings. The lowest BCUT2D eigenvalue weighted by atomic mass is 9.87. The number of unbranched alkanes of at least 4 members (excludes halogenated alkanes) is 2. The van der Waals surface area contributed by atoms with Gasteiger partial charge in [0.1, 0.15) is 5.75 Å². The molecule has 0 bridgehead atoms. The Balaban J connectivity index is 1.75. The second kappa shape index (κ2) is 10.3. The third-order valence-corrected chi connectivity index (χ3v) is 5.64. The summed E-state index contributed by atoms with van der Waals surface area (Å²) < 4.78 is 11.8. The molecule has 1 aromatic carbocycles. The molecule has 3 nitrogen and oxygen atoms in total. The van der Waals surface area contributed by atoms with E-state index in [4.69, 9.17) is 9.47 Å². The number of piperidine rings is 1. The molecule has 0 radical (unpaired) electrons. The van der Waals surface area contributed by atoms with Crippen molar-refractivity contribution in [3.63, 3.8) is 0 Å². The van der Waals surface area contributed by atoms with Crippen molar-refractivity contribution >= 4 is 0 Å². The van der Waals surface area contributed by atoms with E-state index in [1.165, 1.54) is 44.3 Å². The van der Waals surface area contributed by atoms with Crippen molar-refractivity contribution in [2.75, 3.05) is 33.4 Å². The molecule has 2 atom stereocenters. The molecule has 0 spiro atoms. The average molecular weight is 362 g/mol. The summed E-state index contributed by atoms with van der Waals surface area (Å²) in [7, 11) is 1.86. The molecule has 2 rings (SSSR count). The van der Waals surface area contributed by atoms with E-state index in [-0.39, 0.29) is 5.41 Å². The fourth-order valence-electron chi connectivity index (χ4n) is 3.79. The van der Waals surface area contributed by atoms with Gasteiger partial charge in [-0.1, -0.05) is 52.7 Å². The molecule has 1 aliphatic heterocycles. The van der Waals surface area contributed by atoms with Crippen molar-refractivity contribution in [1.29, 1.82) is 0 Å². The Labute approximate surface area is 161 Å². The van der Waals surface area contributed by atoms with Crippen LogP contribution in [0.1, 0.15) is 65.4 Å². The molecule has 26 heavy (non-hydrogen) atoms. The van der Waals surface area contributed by atoms with Crippen LogP contribution in [0.3, 0.4) is 0 Å². The summed E-state index contributed by atoms with van der Waals surface area (Å²) in [5.41, 5.74) is 1.54. The van der Waals surface area contributed by atoms with Crippen molar-refractivity contribution in [3.8, 4) is 5.75 Å². The number of hydrogen-bond donors (Lipinski definition) is 0. The second-order valence-electron chi connectivity index (χ2n) is 8.74. The SMILES string of the molecule is CCCCCN1CC[C@H](CCOc2ccc(C(C)(C)C)cc2)[C@H](OC)C1. The van der Waals surface area contributed by atoms with E-state index in [0.717, 1.165) is 25.3 Å². The molecule has 3 heteroatoms. The molecule has 0 unspecified atom stereocenters. The van der Waals surface area contributed by atoms with Crippen LogP contribution in [-0.4, -0.2) is 44.4 Å². The molecule has 1 heterocycles. The van der Waals surface area contributed by atoms with Crippen LogP contribution < -0.4 is 4.74 Å². The van der Waals surface area contributed by atoms with Gasteiger partial charge < -0.3 is 14.4 Å². The zero-order valence-electron chi connectivity index (χ0n) is 17.6. The standard InChI is InChI=1S/C23H39NO2/c1-6-7-8-15-24-16-13-19(22(18-24)25-5)14-17-26-21-11-9-20(10-12-21)23(2,3)4/h9-12,19,22H,6-8,13-18H2,1-5H3/t19-,22-/m1/s1. The van der Waals surface area contributed by atoms with Gasteiger partial charge in [0.15, 0.2) is 0 Å². The number of hydrogen-bond acceptors (Lipinski definition) is 3. The predicted octanol–water partition coefficient (Wildman–Crippen LogP) is 5.28. The maximum absolute atomic E-state index is 6.01. The van der Waals surface area contributed by atoms with E-state index in [1.54, 1.807) is 0 Å². The van der Waals surface area contributed by atoms with Gasteiger partial charge in [0, 0.05) is 13.7 Å². The summed E-state index contributed by atoms with van der Waals surface area (Å²) in [6, 6.07) is 8.57. The van der Waals surface area contributed by atoms with E-state index in [9.17, 15) is 0 Å². The number of likely N-dealkylation sites (tertiary alicyclic amines) is 1. The second-order valence-corrected chi connectivity index (χ2v) is 8.74. The minimum absolute atomic E-state index is 0.190. The summed E-state index contributed by atoms with van der Waals surface area (Å²) in [5, 5.41) is 0. The van der Waals surface area contributed by atoms with Gasteiger partial charge in [0.05, 0.1) is 12.7 Å². The largest absolute Gasteiger partial charge is 0.494 e. The van der Waals surface area contributed by atoms with E-state index in [2.05, 4.69) is 56.9 Å². The molecule has 0 aliphatic carbocycles. The lowest BCUT2D eigenvalue weighted by Gasteiger charge is -2.37. The smallest absolute Gasteiger partial charge is 0.119 e. The van der Waals surface area contributed by atoms with Gasteiger partial charge in [-0.3, -0.25) is 0 Å². The van der Waals surface area contributed by atoms with E-state index in [0.29, 0.717) is 12.0 Å². The highest BCUT2D eigenvalue weighted by molar-refractivity contribution is 5.31. The van der Waals surface area contributed by atoms with Crippen molar-refractivity contribution in [1.82, 2.24) is 4.90 Å². The Hall–Kier alpha value is -1.06. The molecule has 1 fully saturated rings. The van der Waals surface area contributed by atoms with Crippen molar-refractivity contribution in [3.05, 3.63) is 29.8 Å². The highest BCUT2D eigenvalue weighted by Gasteiger charge is 2.28. The lowest BCUT2D eigenvalue weighted by molar-refractivity contribution is -0.0180. The molecule has 148 valence electrons. The van der Waals surface area contributed by atoms with Gasteiger partial charge in [0.25, 0.3) is 0 Å². The van der Waals surface area contributed by atoms with Gasteiger partial charge in [-0.25, -0.2) is 0 Å². The first kappa shape index (κ1) is 21.2. The first-order valence-corrected chi connectivity index (χ1v) is 10.4. The first-order chi connectivity index (χ1) is 12.4. The zero-order chi connectivity index (χ0) is 19.0. The zero-order valence-corrected chi connectivity index (χ0v) is 17.6. The van der Waals surface area contributed by atoms with Crippen LogP contribution in [0.15, 0.2) is 24.3 Å². The molecular weight excluding hydrogens is 322 g/mol. The van der Waals surface area contributed by atoms with Crippen LogP contribution in [0.25, 0.3) is 0 Å². The van der Waals surface area contributed by atoms with E-state index >= 15 is 0 Å². The van der Waals surface area contributed by atoms with Crippen LogP contribution in [0.4, 0.5) is 0 Å². The van der Waals surface area contributed by atoms with Gasteiger partial charge in [-0.15, -0.1) is 0 Å². The van der Waals surface area contributed by atoms with Gasteiger partial charge in [0.2, 0.25) is 0 Å². The van der Waals surface area contributed by atoms with Crippen molar-refractivity contribution in [2.45, 2.75) is 71.3 Å². The maximum Gasteiger partial charge on any atom is 0.119 e. The van der Waals surface area contributed by atoms with Gasteiger partial charge >= 0.3 is 0 Å². The number of benzene rings is 1. The fourth-order valence-corrected chi connectivity index (χ4v) is 3.79. The van der Waals surface area contributed by atoms with Gasteiger partial charge in [-0.2, -0.15) is 0 Å². The van der Waals surface area contributed by atoms with Crippen LogP contribution in [0, 0.1) is 5.92 Å². The summed E-state index contributed by atoms with van der Waals surface area (Å²) in [6.45, 7) is 13.2. The summed E-state index contributed by atoms with van der Waals surface area (Å²) >= 11 is 0. The molecule has 1 aromatic rings. The van der Waals surface area contributed by atoms with Crippen molar-refractivity contribution in [2.24, 2.45) is 5.92 Å². The Morgan fingerprint density at radius 1 is 1.12 bits per heavy atom. The average Bonchev–Trinajstić information content (AvgIpc) is 2.62. The first-order valence-electron chi connectivity index (χ1n) is 10.4. The van der Waals surface area contributed by atoms with Crippen LogP contribution in [-0.2, 0) is 10.2 Å². The minimum Gasteiger partial charge on any atom is -0.494 e. The molecule has 1 saturated heterocycles. The van der Waals surface area contributed by atoms with Crippen LogP contribution in [0.2, 0.25) is 0 Å². The molecule has 0 saturated carbocycles. The maximum atomic E-state index is 6.01. The van der Waals surface area contributed by atoms with Crippen LogP contribution in [0.5, 0.6) is 5.75 Å². The molecule has 0 N–H and O–H groups in total. The fraction of sp³-hybridized carbons (Fsp3) is 0.739. The Morgan fingerprint density at radius 2 is 1.85 bits per heavy atom.